The number of hydrogen-bond donors (Lipinski definition) is 3. The molecular weight excluding hydrogens is 214 g/mol. The van der Waals surface area contributed by atoms with Gasteiger partial charge in [-0.05, 0) is 20.3 Å². The van der Waals surface area contributed by atoms with Gasteiger partial charge in [-0.1, -0.05) is 26.2 Å². The van der Waals surface area contributed by atoms with E-state index < -0.39 is 0 Å². The number of hydrazine groups is 1. The first-order chi connectivity index (χ1) is 8.15. The molecule has 0 aliphatic heterocycles. The maximum absolute atomic E-state index is 5.31. The predicted octanol–water partition coefficient (Wildman–Crippen LogP) is 2.45. The second kappa shape index (κ2) is 7.06. The average molecular weight is 237 g/mol. The van der Waals surface area contributed by atoms with Crippen LogP contribution in [0.3, 0.4) is 0 Å². The summed E-state index contributed by atoms with van der Waals surface area (Å²) in [5.41, 5.74) is 3.37. The number of hydrogen-bond acceptors (Lipinski definition) is 5. The number of nitrogens with one attached hydrogen (secondary N) is 2. The Kier molecular flexibility index (Phi) is 5.69. The van der Waals surface area contributed by atoms with Gasteiger partial charge in [-0.15, -0.1) is 0 Å². The Morgan fingerprint density at radius 2 is 2.12 bits per heavy atom. The average Bonchev–Trinajstić information content (AvgIpc) is 2.28. The largest absolute Gasteiger partial charge is 0.367 e. The number of rotatable bonds is 7. The minimum absolute atomic E-state index is 0.418. The summed E-state index contributed by atoms with van der Waals surface area (Å²) < 4.78 is 0. The molecule has 0 saturated heterocycles. The molecule has 0 aliphatic carbocycles. The van der Waals surface area contributed by atoms with Crippen molar-refractivity contribution in [3.63, 3.8) is 0 Å². The van der Waals surface area contributed by atoms with Crippen LogP contribution in [0.25, 0.3) is 0 Å². The predicted molar refractivity (Wildman–Crippen MR) is 71.8 cm³/mol. The molecule has 0 amide bonds. The summed E-state index contributed by atoms with van der Waals surface area (Å²) in [4.78, 5) is 8.41. The fourth-order valence-electron chi connectivity index (χ4n) is 1.73. The van der Waals surface area contributed by atoms with Gasteiger partial charge in [0.15, 0.2) is 0 Å². The number of unbranched alkanes of at least 4 members (excludes halogenated alkanes) is 2. The zero-order valence-corrected chi connectivity index (χ0v) is 11.0. The molecule has 1 aromatic rings. The van der Waals surface area contributed by atoms with E-state index in [0.717, 1.165) is 17.9 Å². The zero-order valence-electron chi connectivity index (χ0n) is 11.0. The van der Waals surface area contributed by atoms with Gasteiger partial charge in [-0.3, -0.25) is 5.43 Å². The molecule has 0 bridgehead atoms. The van der Waals surface area contributed by atoms with Crippen molar-refractivity contribution in [1.29, 1.82) is 0 Å². The Hall–Kier alpha value is -1.36. The van der Waals surface area contributed by atoms with Crippen LogP contribution in [-0.4, -0.2) is 16.0 Å². The van der Waals surface area contributed by atoms with E-state index in [2.05, 4.69) is 34.6 Å². The minimum atomic E-state index is 0.418. The highest BCUT2D eigenvalue weighted by Gasteiger charge is 2.05. The Morgan fingerprint density at radius 1 is 1.35 bits per heavy atom. The topological polar surface area (TPSA) is 75.9 Å². The van der Waals surface area contributed by atoms with E-state index in [0.29, 0.717) is 12.0 Å². The molecule has 1 rings (SSSR count). The Bertz CT molecular complexity index is 340. The lowest BCUT2D eigenvalue weighted by atomic mass is 10.1. The van der Waals surface area contributed by atoms with Gasteiger partial charge in [-0.25, -0.2) is 10.8 Å². The van der Waals surface area contributed by atoms with Crippen LogP contribution in [0.4, 0.5) is 11.8 Å². The normalized spacial score (nSPS) is 12.2. The highest BCUT2D eigenvalue weighted by molar-refractivity contribution is 5.42. The van der Waals surface area contributed by atoms with Gasteiger partial charge in [0.2, 0.25) is 5.95 Å². The molecule has 0 aliphatic rings. The van der Waals surface area contributed by atoms with Gasteiger partial charge in [0.05, 0.1) is 0 Å². The third-order valence-electron chi connectivity index (χ3n) is 2.62. The molecule has 1 atom stereocenters. The maximum Gasteiger partial charge on any atom is 0.239 e. The van der Waals surface area contributed by atoms with Crippen molar-refractivity contribution in [2.24, 2.45) is 5.84 Å². The van der Waals surface area contributed by atoms with E-state index in [1.807, 2.05) is 13.0 Å². The Morgan fingerprint density at radius 3 is 2.76 bits per heavy atom. The molecule has 4 N–H and O–H groups in total. The second-order valence-corrected chi connectivity index (χ2v) is 4.40. The van der Waals surface area contributed by atoms with Crippen LogP contribution < -0.4 is 16.6 Å². The first kappa shape index (κ1) is 13.7. The smallest absolute Gasteiger partial charge is 0.239 e. The third kappa shape index (κ3) is 4.99. The van der Waals surface area contributed by atoms with E-state index in [4.69, 9.17) is 5.84 Å². The molecule has 96 valence electrons. The standard InChI is InChI=1S/C12H23N5/c1-4-5-6-7-9(2)14-11-8-10(3)15-12(16-11)17-13/h8-9H,4-7,13H2,1-3H3,(H2,14,15,16,17). The molecule has 0 spiro atoms. The van der Waals surface area contributed by atoms with E-state index in [1.165, 1.54) is 19.3 Å². The SMILES string of the molecule is CCCCCC(C)Nc1cc(C)nc(NN)n1. The summed E-state index contributed by atoms with van der Waals surface area (Å²) in [6, 6.07) is 2.35. The first-order valence-corrected chi connectivity index (χ1v) is 6.24. The van der Waals surface area contributed by atoms with Crippen molar-refractivity contribution in [3.05, 3.63) is 11.8 Å². The van der Waals surface area contributed by atoms with Crippen molar-refractivity contribution in [3.8, 4) is 0 Å². The first-order valence-electron chi connectivity index (χ1n) is 6.24. The quantitative estimate of drug-likeness (QED) is 0.386. The molecular formula is C12H23N5. The zero-order chi connectivity index (χ0) is 12.7. The highest BCUT2D eigenvalue weighted by Crippen LogP contribution is 2.12. The summed E-state index contributed by atoms with van der Waals surface area (Å²) in [6.45, 7) is 6.31. The van der Waals surface area contributed by atoms with Crippen LogP contribution in [0.2, 0.25) is 0 Å². The summed E-state index contributed by atoms with van der Waals surface area (Å²) >= 11 is 0. The van der Waals surface area contributed by atoms with Crippen LogP contribution >= 0.6 is 0 Å². The number of aryl methyl sites for hydroxylation is 1. The number of aromatic nitrogens is 2. The van der Waals surface area contributed by atoms with Gasteiger partial charge in [0.25, 0.3) is 0 Å². The molecule has 5 nitrogen and oxygen atoms in total. The number of anilines is 2. The van der Waals surface area contributed by atoms with E-state index in [9.17, 15) is 0 Å². The Labute approximate surface area is 103 Å². The summed E-state index contributed by atoms with van der Waals surface area (Å²) in [5, 5.41) is 3.37. The van der Waals surface area contributed by atoms with Gasteiger partial charge < -0.3 is 5.32 Å². The van der Waals surface area contributed by atoms with E-state index in [-0.39, 0.29) is 0 Å². The molecule has 1 heterocycles. The van der Waals surface area contributed by atoms with Crippen LogP contribution in [0, 0.1) is 6.92 Å². The number of nitrogens with zero attached hydrogens (tertiary/aromatic N) is 2. The molecule has 0 saturated carbocycles. The van der Waals surface area contributed by atoms with Gasteiger partial charge >= 0.3 is 0 Å². The van der Waals surface area contributed by atoms with Crippen molar-refractivity contribution in [2.75, 3.05) is 10.7 Å². The minimum Gasteiger partial charge on any atom is -0.367 e. The monoisotopic (exact) mass is 237 g/mol. The molecule has 0 radical (unpaired) electrons. The van der Waals surface area contributed by atoms with Crippen molar-refractivity contribution < 1.29 is 0 Å². The number of nitrogens with two attached hydrogens (primary N) is 1. The second-order valence-electron chi connectivity index (χ2n) is 4.40. The highest BCUT2D eigenvalue weighted by atomic mass is 15.3. The molecule has 17 heavy (non-hydrogen) atoms. The summed E-state index contributed by atoms with van der Waals surface area (Å²) in [7, 11) is 0. The maximum atomic E-state index is 5.31. The fraction of sp³-hybridized carbons (Fsp3) is 0.667. The van der Waals surface area contributed by atoms with Gasteiger partial charge in [-0.2, -0.15) is 4.98 Å². The van der Waals surface area contributed by atoms with Crippen molar-refractivity contribution in [2.45, 2.75) is 52.5 Å². The van der Waals surface area contributed by atoms with Crippen LogP contribution in [0.5, 0.6) is 0 Å². The van der Waals surface area contributed by atoms with E-state index in [1.54, 1.807) is 0 Å². The lowest BCUT2D eigenvalue weighted by Gasteiger charge is -2.15. The van der Waals surface area contributed by atoms with Crippen molar-refractivity contribution >= 4 is 11.8 Å². The third-order valence-corrected chi connectivity index (χ3v) is 2.62. The fourth-order valence-corrected chi connectivity index (χ4v) is 1.73. The summed E-state index contributed by atoms with van der Waals surface area (Å²) in [5.74, 6) is 6.59. The van der Waals surface area contributed by atoms with Crippen molar-refractivity contribution in [1.82, 2.24) is 9.97 Å². The Balaban J connectivity index is 2.52. The molecule has 5 heteroatoms. The van der Waals surface area contributed by atoms with Gasteiger partial charge in [0, 0.05) is 17.8 Å². The molecule has 0 aromatic carbocycles. The van der Waals surface area contributed by atoms with Crippen LogP contribution in [0.1, 0.15) is 45.2 Å². The molecule has 1 unspecified atom stereocenters. The summed E-state index contributed by atoms with van der Waals surface area (Å²) in [6.07, 6.45) is 4.93. The van der Waals surface area contributed by atoms with Crippen LogP contribution in [0.15, 0.2) is 6.07 Å². The molecule has 0 fully saturated rings. The van der Waals surface area contributed by atoms with Gasteiger partial charge in [0.1, 0.15) is 5.82 Å². The molecule has 1 aromatic heterocycles. The number of nitrogen functional groups attached to an aromatic ring is 1. The van der Waals surface area contributed by atoms with E-state index >= 15 is 0 Å². The van der Waals surface area contributed by atoms with Crippen LogP contribution in [-0.2, 0) is 0 Å². The lowest BCUT2D eigenvalue weighted by molar-refractivity contribution is 0.613. The lowest BCUT2D eigenvalue weighted by Crippen LogP contribution is -2.18.